The highest BCUT2D eigenvalue weighted by Gasteiger charge is 2.13. The van der Waals surface area contributed by atoms with Crippen molar-refractivity contribution in [2.45, 2.75) is 4.90 Å². The van der Waals surface area contributed by atoms with E-state index in [2.05, 4.69) is 20.3 Å². The van der Waals surface area contributed by atoms with E-state index in [1.165, 1.54) is 31.5 Å². The molecular weight excluding hydrogens is 358 g/mol. The zero-order valence-corrected chi connectivity index (χ0v) is 13.4. The number of hydrogen-bond donors (Lipinski definition) is 1. The first-order chi connectivity index (χ1) is 9.95. The summed E-state index contributed by atoms with van der Waals surface area (Å²) in [5, 5.41) is 9.84. The largest absolute Gasteiger partial charge is 0.503 e. The first-order valence-corrected chi connectivity index (χ1v) is 8.10. The van der Waals surface area contributed by atoms with Crippen LogP contribution >= 0.6 is 15.9 Å². The zero-order valence-electron chi connectivity index (χ0n) is 11.0. The van der Waals surface area contributed by atoms with Gasteiger partial charge in [0.25, 0.3) is 10.0 Å². The number of phenolic OH excluding ortho intramolecular Hbond substituents is 1. The van der Waals surface area contributed by atoms with Crippen molar-refractivity contribution in [2.24, 2.45) is 4.40 Å². The highest BCUT2D eigenvalue weighted by molar-refractivity contribution is 9.10. The molecule has 1 N–H and O–H groups in total. The fourth-order valence-corrected chi connectivity index (χ4v) is 2.91. The lowest BCUT2D eigenvalue weighted by Gasteiger charge is -2.06. The minimum Gasteiger partial charge on any atom is -0.503 e. The molecule has 110 valence electrons. The lowest BCUT2D eigenvalue weighted by molar-refractivity contribution is 0.372. The molecule has 7 heteroatoms. The zero-order chi connectivity index (χ0) is 15.5. The predicted molar refractivity (Wildman–Crippen MR) is 83.6 cm³/mol. The maximum atomic E-state index is 12.0. The number of phenols is 1. The average Bonchev–Trinajstić information content (AvgIpc) is 2.50. The van der Waals surface area contributed by atoms with E-state index in [9.17, 15) is 13.5 Å². The van der Waals surface area contributed by atoms with Crippen LogP contribution in [-0.2, 0) is 10.0 Å². The summed E-state index contributed by atoms with van der Waals surface area (Å²) >= 11 is 3.18. The molecule has 0 amide bonds. The molecule has 0 saturated heterocycles. The molecule has 2 aromatic carbocycles. The van der Waals surface area contributed by atoms with Crippen molar-refractivity contribution in [3.8, 4) is 11.5 Å². The van der Waals surface area contributed by atoms with Crippen LogP contribution in [-0.4, -0.2) is 26.8 Å². The van der Waals surface area contributed by atoms with Crippen LogP contribution < -0.4 is 4.74 Å². The van der Waals surface area contributed by atoms with Gasteiger partial charge in [0.15, 0.2) is 11.5 Å². The summed E-state index contributed by atoms with van der Waals surface area (Å²) in [5.41, 5.74) is 0.424. The molecule has 0 aliphatic heterocycles. The third kappa shape index (κ3) is 3.43. The van der Waals surface area contributed by atoms with Crippen molar-refractivity contribution >= 4 is 32.2 Å². The van der Waals surface area contributed by atoms with Gasteiger partial charge in [-0.3, -0.25) is 0 Å². The molecule has 0 fully saturated rings. The SMILES string of the molecule is COc1ccc(/C=N\S(=O)(=O)c2ccccc2)c(Br)c1O. The summed E-state index contributed by atoms with van der Waals surface area (Å²) in [6, 6.07) is 11.0. The van der Waals surface area contributed by atoms with Gasteiger partial charge in [0.1, 0.15) is 0 Å². The molecule has 0 atom stereocenters. The number of rotatable bonds is 4. The molecule has 5 nitrogen and oxygen atoms in total. The maximum absolute atomic E-state index is 12.0. The quantitative estimate of drug-likeness (QED) is 0.840. The number of hydrogen-bond acceptors (Lipinski definition) is 4. The van der Waals surface area contributed by atoms with Gasteiger partial charge >= 0.3 is 0 Å². The summed E-state index contributed by atoms with van der Waals surface area (Å²) in [7, 11) is -2.34. The number of aromatic hydroxyl groups is 1. The van der Waals surface area contributed by atoms with E-state index < -0.39 is 10.0 Å². The smallest absolute Gasteiger partial charge is 0.282 e. The number of ether oxygens (including phenoxy) is 1. The molecule has 0 aliphatic rings. The summed E-state index contributed by atoms with van der Waals surface area (Å²) in [6.45, 7) is 0. The summed E-state index contributed by atoms with van der Waals surface area (Å²) in [6.07, 6.45) is 1.17. The van der Waals surface area contributed by atoms with Gasteiger partial charge in [-0.15, -0.1) is 0 Å². The fraction of sp³-hybridized carbons (Fsp3) is 0.0714. The third-order valence-corrected chi connectivity index (χ3v) is 4.78. The fourth-order valence-electron chi connectivity index (χ4n) is 1.61. The second-order valence-corrected chi connectivity index (χ2v) is 6.47. The van der Waals surface area contributed by atoms with E-state index in [0.717, 1.165) is 0 Å². The van der Waals surface area contributed by atoms with E-state index in [0.29, 0.717) is 10.0 Å². The Balaban J connectivity index is 2.36. The first-order valence-electron chi connectivity index (χ1n) is 5.86. The van der Waals surface area contributed by atoms with Crippen LogP contribution in [0.4, 0.5) is 0 Å². The average molecular weight is 370 g/mol. The predicted octanol–water partition coefficient (Wildman–Crippen LogP) is 2.97. The molecule has 0 radical (unpaired) electrons. The number of halogens is 1. The van der Waals surface area contributed by atoms with Crippen molar-refractivity contribution in [3.63, 3.8) is 0 Å². The van der Waals surface area contributed by atoms with E-state index in [1.807, 2.05) is 0 Å². The van der Waals surface area contributed by atoms with Crippen LogP contribution in [0.1, 0.15) is 5.56 Å². The van der Waals surface area contributed by atoms with Crippen molar-refractivity contribution in [2.75, 3.05) is 7.11 Å². The van der Waals surface area contributed by atoms with Crippen molar-refractivity contribution in [3.05, 3.63) is 52.5 Å². The summed E-state index contributed by atoms with van der Waals surface area (Å²) in [5.74, 6) is 0.170. The molecule has 2 rings (SSSR count). The summed E-state index contributed by atoms with van der Waals surface area (Å²) < 4.78 is 32.9. The molecule has 2 aromatic rings. The Kier molecular flexibility index (Phi) is 4.64. The lowest BCUT2D eigenvalue weighted by Crippen LogP contribution is -1.98. The van der Waals surface area contributed by atoms with Crippen LogP contribution in [0.2, 0.25) is 0 Å². The van der Waals surface area contributed by atoms with Crippen LogP contribution in [0.5, 0.6) is 11.5 Å². The minimum atomic E-state index is -3.77. The molecule has 21 heavy (non-hydrogen) atoms. The normalized spacial score (nSPS) is 11.7. The number of nitrogens with zero attached hydrogens (tertiary/aromatic N) is 1. The molecule has 0 bridgehead atoms. The highest BCUT2D eigenvalue weighted by Crippen LogP contribution is 2.35. The van der Waals surface area contributed by atoms with Crippen LogP contribution in [0, 0.1) is 0 Å². The Morgan fingerprint density at radius 3 is 2.48 bits per heavy atom. The second kappa shape index (κ2) is 6.28. The van der Waals surface area contributed by atoms with Gasteiger partial charge in [-0.2, -0.15) is 12.8 Å². The maximum Gasteiger partial charge on any atom is 0.282 e. The third-order valence-electron chi connectivity index (χ3n) is 2.70. The van der Waals surface area contributed by atoms with Crippen LogP contribution in [0.3, 0.4) is 0 Å². The second-order valence-electron chi connectivity index (χ2n) is 4.04. The molecule has 0 spiro atoms. The molecular formula is C14H12BrNO4S. The number of sulfonamides is 1. The standard InChI is InChI=1S/C14H12BrNO4S/c1-20-12-8-7-10(13(15)14(12)17)9-16-21(18,19)11-5-3-2-4-6-11/h2-9,17H,1H3/b16-9-. The molecule has 0 heterocycles. The van der Waals surface area contributed by atoms with Crippen molar-refractivity contribution in [1.29, 1.82) is 0 Å². The Morgan fingerprint density at radius 2 is 1.86 bits per heavy atom. The van der Waals surface area contributed by atoms with E-state index in [-0.39, 0.29) is 16.4 Å². The molecule has 0 aliphatic carbocycles. The number of methoxy groups -OCH3 is 1. The van der Waals surface area contributed by atoms with Gasteiger partial charge in [-0.05, 0) is 40.2 Å². The van der Waals surface area contributed by atoms with E-state index >= 15 is 0 Å². The van der Waals surface area contributed by atoms with Crippen LogP contribution in [0.15, 0.2) is 56.2 Å². The lowest BCUT2D eigenvalue weighted by atomic mass is 10.2. The highest BCUT2D eigenvalue weighted by atomic mass is 79.9. The van der Waals surface area contributed by atoms with Gasteiger partial charge < -0.3 is 9.84 Å². The Bertz CT molecular complexity index is 773. The minimum absolute atomic E-state index is 0.107. The van der Waals surface area contributed by atoms with Crippen LogP contribution in [0.25, 0.3) is 0 Å². The van der Waals surface area contributed by atoms with Gasteiger partial charge in [0, 0.05) is 11.8 Å². The van der Waals surface area contributed by atoms with Crippen molar-refractivity contribution in [1.82, 2.24) is 0 Å². The molecule has 0 unspecified atom stereocenters. The van der Waals surface area contributed by atoms with E-state index in [1.54, 1.807) is 24.3 Å². The Labute approximate surface area is 131 Å². The van der Waals surface area contributed by atoms with Gasteiger partial charge in [-0.1, -0.05) is 18.2 Å². The molecule has 0 aromatic heterocycles. The van der Waals surface area contributed by atoms with Gasteiger partial charge in [0.05, 0.1) is 16.5 Å². The summed E-state index contributed by atoms with van der Waals surface area (Å²) in [4.78, 5) is 0.107. The number of benzene rings is 2. The topological polar surface area (TPSA) is 76.0 Å². The van der Waals surface area contributed by atoms with Gasteiger partial charge in [0.2, 0.25) is 0 Å². The van der Waals surface area contributed by atoms with Crippen molar-refractivity contribution < 1.29 is 18.3 Å². The first kappa shape index (κ1) is 15.5. The Hall–Kier alpha value is -1.86. The monoisotopic (exact) mass is 369 g/mol. The van der Waals surface area contributed by atoms with E-state index in [4.69, 9.17) is 4.74 Å². The van der Waals surface area contributed by atoms with Gasteiger partial charge in [-0.25, -0.2) is 0 Å². The Morgan fingerprint density at radius 1 is 1.19 bits per heavy atom. The molecule has 0 saturated carbocycles.